The number of carboxylic acid groups (broad SMARTS) is 1. The number of rotatable bonds is 4. The molecule has 0 fully saturated rings. The zero-order valence-corrected chi connectivity index (χ0v) is 8.56. The summed E-state index contributed by atoms with van der Waals surface area (Å²) in [6.07, 6.45) is 0. The zero-order chi connectivity index (χ0) is 11.4. The molecule has 4 heteroatoms. The van der Waals surface area contributed by atoms with Crippen LogP contribution in [0.15, 0.2) is 24.3 Å². The number of ketones is 1. The Morgan fingerprint density at radius 1 is 1.33 bits per heavy atom. The van der Waals surface area contributed by atoms with Crippen LogP contribution in [0.4, 0.5) is 0 Å². The monoisotopic (exact) mass is 208 g/mol. The first-order valence-corrected chi connectivity index (χ1v) is 4.48. The van der Waals surface area contributed by atoms with Crippen LogP contribution in [-0.2, 0) is 4.79 Å². The number of Topliss-reactive ketones (excluding diaryl/α,β-unsaturated/α-hetero) is 1. The maximum atomic E-state index is 11.7. The summed E-state index contributed by atoms with van der Waals surface area (Å²) in [6, 6.07) is 6.58. The van der Waals surface area contributed by atoms with E-state index >= 15 is 0 Å². The van der Waals surface area contributed by atoms with Crippen LogP contribution in [0.25, 0.3) is 0 Å². The number of carbonyl (C=O) groups is 2. The Morgan fingerprint density at radius 3 is 2.47 bits per heavy atom. The second-order valence-corrected chi connectivity index (χ2v) is 3.12. The fourth-order valence-corrected chi connectivity index (χ4v) is 1.19. The summed E-state index contributed by atoms with van der Waals surface area (Å²) in [5, 5.41) is 8.72. The van der Waals surface area contributed by atoms with Crippen LogP contribution in [0.2, 0.25) is 0 Å². The van der Waals surface area contributed by atoms with E-state index in [-0.39, 0.29) is 0 Å². The molecule has 0 saturated heterocycles. The Balaban J connectivity index is 3.05. The van der Waals surface area contributed by atoms with E-state index in [1.807, 2.05) is 0 Å². The first kappa shape index (κ1) is 11.2. The molecule has 15 heavy (non-hydrogen) atoms. The van der Waals surface area contributed by atoms with Crippen molar-refractivity contribution in [2.24, 2.45) is 5.92 Å². The Kier molecular flexibility index (Phi) is 3.44. The standard InChI is InChI=1S/C11H12O4/c1-7(11(13)14)10(12)8-5-3-4-6-9(8)15-2/h3-7H,1-2H3,(H,13,14). The number of methoxy groups -OCH3 is 1. The van der Waals surface area contributed by atoms with E-state index in [2.05, 4.69) is 0 Å². The molecule has 1 aromatic carbocycles. The number of carboxylic acids is 1. The van der Waals surface area contributed by atoms with E-state index in [9.17, 15) is 9.59 Å². The lowest BCUT2D eigenvalue weighted by Crippen LogP contribution is -2.21. The molecule has 1 unspecified atom stereocenters. The van der Waals surface area contributed by atoms with Crippen molar-refractivity contribution in [3.63, 3.8) is 0 Å². The van der Waals surface area contributed by atoms with Crippen LogP contribution in [0, 0.1) is 5.92 Å². The lowest BCUT2D eigenvalue weighted by atomic mass is 9.99. The molecule has 1 rings (SSSR count). The van der Waals surface area contributed by atoms with Gasteiger partial charge in [-0.1, -0.05) is 12.1 Å². The second-order valence-electron chi connectivity index (χ2n) is 3.12. The van der Waals surface area contributed by atoms with E-state index in [0.29, 0.717) is 11.3 Å². The fourth-order valence-electron chi connectivity index (χ4n) is 1.19. The maximum absolute atomic E-state index is 11.7. The maximum Gasteiger partial charge on any atom is 0.314 e. The molecule has 1 aromatic rings. The van der Waals surface area contributed by atoms with E-state index in [0.717, 1.165) is 0 Å². The molecule has 0 spiro atoms. The largest absolute Gasteiger partial charge is 0.496 e. The third-order valence-corrected chi connectivity index (χ3v) is 2.14. The molecule has 1 atom stereocenters. The van der Waals surface area contributed by atoms with Gasteiger partial charge in [0.05, 0.1) is 12.7 Å². The summed E-state index contributed by atoms with van der Waals surface area (Å²) in [7, 11) is 1.44. The van der Waals surface area contributed by atoms with Crippen LogP contribution in [0.5, 0.6) is 5.75 Å². The Bertz CT molecular complexity index is 384. The number of hydrogen-bond donors (Lipinski definition) is 1. The molecule has 0 aliphatic rings. The molecular weight excluding hydrogens is 196 g/mol. The van der Waals surface area contributed by atoms with Crippen LogP contribution in [0.1, 0.15) is 17.3 Å². The Morgan fingerprint density at radius 2 is 1.93 bits per heavy atom. The van der Waals surface area contributed by atoms with Gasteiger partial charge < -0.3 is 9.84 Å². The normalized spacial score (nSPS) is 11.9. The number of para-hydroxylation sites is 1. The number of benzene rings is 1. The summed E-state index contributed by atoms with van der Waals surface area (Å²) in [5.74, 6) is -2.23. The van der Waals surface area contributed by atoms with Gasteiger partial charge in [0, 0.05) is 0 Å². The molecule has 80 valence electrons. The molecule has 0 bridgehead atoms. The van der Waals surface area contributed by atoms with Gasteiger partial charge in [0.1, 0.15) is 11.7 Å². The summed E-state index contributed by atoms with van der Waals surface area (Å²) < 4.78 is 4.98. The highest BCUT2D eigenvalue weighted by Gasteiger charge is 2.24. The van der Waals surface area contributed by atoms with Crippen LogP contribution in [-0.4, -0.2) is 24.0 Å². The summed E-state index contributed by atoms with van der Waals surface area (Å²) in [5.41, 5.74) is 0.301. The highest BCUT2D eigenvalue weighted by molar-refractivity contribution is 6.09. The predicted molar refractivity (Wildman–Crippen MR) is 54.1 cm³/mol. The Hall–Kier alpha value is -1.84. The smallest absolute Gasteiger partial charge is 0.314 e. The van der Waals surface area contributed by atoms with Gasteiger partial charge in [-0.05, 0) is 19.1 Å². The average molecular weight is 208 g/mol. The first-order valence-electron chi connectivity index (χ1n) is 4.48. The van der Waals surface area contributed by atoms with Crippen molar-refractivity contribution in [1.29, 1.82) is 0 Å². The molecule has 0 heterocycles. The van der Waals surface area contributed by atoms with Gasteiger partial charge in [-0.2, -0.15) is 0 Å². The zero-order valence-electron chi connectivity index (χ0n) is 8.56. The van der Waals surface area contributed by atoms with Crippen molar-refractivity contribution in [1.82, 2.24) is 0 Å². The highest BCUT2D eigenvalue weighted by Crippen LogP contribution is 2.20. The average Bonchev–Trinajstić information content (AvgIpc) is 2.26. The van der Waals surface area contributed by atoms with Gasteiger partial charge >= 0.3 is 5.97 Å². The molecule has 0 amide bonds. The molecule has 0 aliphatic carbocycles. The van der Waals surface area contributed by atoms with Gasteiger partial charge in [-0.15, -0.1) is 0 Å². The summed E-state index contributed by atoms with van der Waals surface area (Å²) in [4.78, 5) is 22.4. The molecule has 0 radical (unpaired) electrons. The molecule has 0 aromatic heterocycles. The fraction of sp³-hybridized carbons (Fsp3) is 0.273. The van der Waals surface area contributed by atoms with E-state index in [1.165, 1.54) is 14.0 Å². The van der Waals surface area contributed by atoms with Crippen molar-refractivity contribution < 1.29 is 19.4 Å². The number of hydrogen-bond acceptors (Lipinski definition) is 3. The number of carbonyl (C=O) groups excluding carboxylic acids is 1. The summed E-state index contributed by atoms with van der Waals surface area (Å²) in [6.45, 7) is 1.36. The topological polar surface area (TPSA) is 63.6 Å². The van der Waals surface area contributed by atoms with Crippen molar-refractivity contribution >= 4 is 11.8 Å². The van der Waals surface area contributed by atoms with E-state index in [1.54, 1.807) is 24.3 Å². The molecule has 0 aliphatic heterocycles. The van der Waals surface area contributed by atoms with Gasteiger partial charge in [-0.25, -0.2) is 0 Å². The SMILES string of the molecule is COc1ccccc1C(=O)C(C)C(=O)O. The highest BCUT2D eigenvalue weighted by atomic mass is 16.5. The third-order valence-electron chi connectivity index (χ3n) is 2.14. The van der Waals surface area contributed by atoms with E-state index in [4.69, 9.17) is 9.84 Å². The molecule has 4 nitrogen and oxygen atoms in total. The number of aliphatic carboxylic acids is 1. The minimum absolute atomic E-state index is 0.301. The van der Waals surface area contributed by atoms with Crippen LogP contribution in [0.3, 0.4) is 0 Å². The lowest BCUT2D eigenvalue weighted by Gasteiger charge is -2.09. The lowest BCUT2D eigenvalue weighted by molar-refractivity contribution is -0.139. The van der Waals surface area contributed by atoms with Crippen molar-refractivity contribution in [2.75, 3.05) is 7.11 Å². The van der Waals surface area contributed by atoms with Gasteiger partial charge in [0.15, 0.2) is 5.78 Å². The molecule has 0 saturated carbocycles. The van der Waals surface area contributed by atoms with Gasteiger partial charge in [0.25, 0.3) is 0 Å². The van der Waals surface area contributed by atoms with Crippen molar-refractivity contribution in [2.45, 2.75) is 6.92 Å². The second kappa shape index (κ2) is 4.59. The van der Waals surface area contributed by atoms with Crippen LogP contribution >= 0.6 is 0 Å². The van der Waals surface area contributed by atoms with Crippen molar-refractivity contribution in [3.05, 3.63) is 29.8 Å². The quantitative estimate of drug-likeness (QED) is 0.603. The minimum atomic E-state index is -1.13. The molecular formula is C11H12O4. The van der Waals surface area contributed by atoms with Gasteiger partial charge in [0.2, 0.25) is 0 Å². The van der Waals surface area contributed by atoms with Crippen LogP contribution < -0.4 is 4.74 Å². The van der Waals surface area contributed by atoms with Gasteiger partial charge in [-0.3, -0.25) is 9.59 Å². The minimum Gasteiger partial charge on any atom is -0.496 e. The summed E-state index contributed by atoms with van der Waals surface area (Å²) >= 11 is 0. The Labute approximate surface area is 87.5 Å². The van der Waals surface area contributed by atoms with Crippen molar-refractivity contribution in [3.8, 4) is 5.75 Å². The third kappa shape index (κ3) is 2.34. The molecule has 1 N–H and O–H groups in total. The predicted octanol–water partition coefficient (Wildman–Crippen LogP) is 1.60. The van der Waals surface area contributed by atoms with E-state index < -0.39 is 17.7 Å². The first-order chi connectivity index (χ1) is 7.07. The number of ether oxygens (including phenoxy) is 1.